The van der Waals surface area contributed by atoms with Gasteiger partial charge in [0.25, 0.3) is 0 Å². The number of ether oxygens (including phenoxy) is 2. The molecule has 0 aliphatic heterocycles. The first kappa shape index (κ1) is 44.8. The Bertz CT molecular complexity index is 979. The van der Waals surface area contributed by atoms with Crippen LogP contribution >= 0.6 is 0 Å². The number of rotatable bonds is 32. The van der Waals surface area contributed by atoms with Crippen LogP contribution in [0, 0.1) is 0 Å². The molecule has 0 spiro atoms. The molecule has 0 aromatic rings. The Morgan fingerprint density at radius 3 is 1.23 bits per heavy atom. The summed E-state index contributed by atoms with van der Waals surface area (Å²) in [5.74, 6) is -0.658. The van der Waals surface area contributed by atoms with Crippen LogP contribution in [-0.2, 0) is 19.1 Å². The van der Waals surface area contributed by atoms with Crippen LogP contribution in [0.25, 0.3) is 0 Å². The van der Waals surface area contributed by atoms with Crippen molar-refractivity contribution in [3.63, 3.8) is 0 Å². The van der Waals surface area contributed by atoms with E-state index in [9.17, 15) is 14.7 Å². The molecule has 0 unspecified atom stereocenters. The molecule has 270 valence electrons. The van der Waals surface area contributed by atoms with Gasteiger partial charge in [0, 0.05) is 12.8 Å². The van der Waals surface area contributed by atoms with E-state index < -0.39 is 6.10 Å². The van der Waals surface area contributed by atoms with Crippen molar-refractivity contribution in [1.82, 2.24) is 0 Å². The van der Waals surface area contributed by atoms with E-state index >= 15 is 0 Å². The maximum atomic E-state index is 12.2. The molecule has 5 nitrogen and oxygen atoms in total. The van der Waals surface area contributed by atoms with Gasteiger partial charge in [0.1, 0.15) is 6.61 Å². The summed E-state index contributed by atoms with van der Waals surface area (Å²) in [6.45, 7) is 3.84. The van der Waals surface area contributed by atoms with Crippen molar-refractivity contribution >= 4 is 11.9 Å². The first-order valence-electron chi connectivity index (χ1n) is 18.8. The van der Waals surface area contributed by atoms with Gasteiger partial charge >= 0.3 is 11.9 Å². The zero-order valence-electron chi connectivity index (χ0n) is 30.5. The normalized spacial score (nSPS) is 13.3. The second-order valence-corrected chi connectivity index (χ2v) is 11.9. The zero-order valence-corrected chi connectivity index (χ0v) is 30.5. The summed E-state index contributed by atoms with van der Waals surface area (Å²) < 4.78 is 10.6. The van der Waals surface area contributed by atoms with Gasteiger partial charge in [-0.15, -0.1) is 0 Å². The Morgan fingerprint density at radius 1 is 0.479 bits per heavy atom. The molecule has 0 aliphatic carbocycles. The largest absolute Gasteiger partial charge is 0.462 e. The van der Waals surface area contributed by atoms with E-state index in [0.29, 0.717) is 12.8 Å². The number of carbonyl (C=O) groups excluding carboxylic acids is 2. The molecule has 1 atom stereocenters. The molecule has 0 aliphatic rings. The van der Waals surface area contributed by atoms with Gasteiger partial charge in [-0.25, -0.2) is 0 Å². The Labute approximate surface area is 294 Å². The summed E-state index contributed by atoms with van der Waals surface area (Å²) in [6.07, 6.45) is 53.2. The number of carbonyl (C=O) groups is 2. The fourth-order valence-corrected chi connectivity index (χ4v) is 4.59. The molecular formula is C43H68O5. The van der Waals surface area contributed by atoms with Crippen molar-refractivity contribution < 1.29 is 24.2 Å². The minimum absolute atomic E-state index is 0.0955. The lowest BCUT2D eigenvalue weighted by Gasteiger charge is -2.15. The SMILES string of the molecule is CCC=CCC=CCC=CCC=CCCCCCCC(=O)OC[C@H](CO)OC(=O)CCCCCCC=CCC=CCC=CCC=CCC. The van der Waals surface area contributed by atoms with Gasteiger partial charge in [0.15, 0.2) is 6.10 Å². The molecule has 0 saturated heterocycles. The highest BCUT2D eigenvalue weighted by Crippen LogP contribution is 2.10. The smallest absolute Gasteiger partial charge is 0.306 e. The predicted octanol–water partition coefficient (Wildman–Crippen LogP) is 11.7. The van der Waals surface area contributed by atoms with Crippen LogP contribution in [0.4, 0.5) is 0 Å². The van der Waals surface area contributed by atoms with Gasteiger partial charge in [0.2, 0.25) is 0 Å². The minimum atomic E-state index is -0.800. The summed E-state index contributed by atoms with van der Waals surface area (Å²) in [5.41, 5.74) is 0. The molecule has 0 radical (unpaired) electrons. The van der Waals surface area contributed by atoms with Crippen LogP contribution in [0.1, 0.15) is 142 Å². The van der Waals surface area contributed by atoms with E-state index in [1.807, 2.05) is 0 Å². The molecule has 0 rings (SSSR count). The lowest BCUT2D eigenvalue weighted by Crippen LogP contribution is -2.28. The highest BCUT2D eigenvalue weighted by Gasteiger charge is 2.16. The summed E-state index contributed by atoms with van der Waals surface area (Å²) in [7, 11) is 0. The summed E-state index contributed by atoms with van der Waals surface area (Å²) in [5, 5.41) is 9.54. The Morgan fingerprint density at radius 2 is 0.833 bits per heavy atom. The first-order valence-corrected chi connectivity index (χ1v) is 18.8. The highest BCUT2D eigenvalue weighted by atomic mass is 16.6. The third-order valence-electron chi connectivity index (χ3n) is 7.37. The van der Waals surface area contributed by atoms with Crippen molar-refractivity contribution in [1.29, 1.82) is 0 Å². The second-order valence-electron chi connectivity index (χ2n) is 11.9. The van der Waals surface area contributed by atoms with Gasteiger partial charge in [-0.05, 0) is 89.9 Å². The average molecular weight is 665 g/mol. The number of esters is 2. The van der Waals surface area contributed by atoms with Crippen LogP contribution in [0.15, 0.2) is 97.2 Å². The van der Waals surface area contributed by atoms with E-state index in [1.165, 1.54) is 0 Å². The van der Waals surface area contributed by atoms with E-state index in [2.05, 4.69) is 111 Å². The van der Waals surface area contributed by atoms with Gasteiger partial charge in [-0.1, -0.05) is 137 Å². The van der Waals surface area contributed by atoms with Crippen molar-refractivity contribution in [2.24, 2.45) is 0 Å². The van der Waals surface area contributed by atoms with E-state index in [-0.39, 0.29) is 25.2 Å². The van der Waals surface area contributed by atoms with E-state index in [0.717, 1.165) is 116 Å². The van der Waals surface area contributed by atoms with Crippen LogP contribution in [0.2, 0.25) is 0 Å². The molecule has 0 fully saturated rings. The molecule has 1 N–H and O–H groups in total. The van der Waals surface area contributed by atoms with Crippen LogP contribution in [0.5, 0.6) is 0 Å². The lowest BCUT2D eigenvalue weighted by atomic mass is 10.1. The van der Waals surface area contributed by atoms with Crippen molar-refractivity contribution in [3.05, 3.63) is 97.2 Å². The van der Waals surface area contributed by atoms with Gasteiger partial charge in [-0.2, -0.15) is 0 Å². The fourth-order valence-electron chi connectivity index (χ4n) is 4.59. The number of unbranched alkanes of at least 4 members (excludes halogenated alkanes) is 8. The Hall–Kier alpha value is -3.18. The molecular weight excluding hydrogens is 596 g/mol. The molecule has 0 saturated carbocycles. The quantitative estimate of drug-likeness (QED) is 0.0440. The summed E-state index contributed by atoms with van der Waals surface area (Å²) in [4.78, 5) is 24.2. The maximum absolute atomic E-state index is 12.2. The van der Waals surface area contributed by atoms with Crippen molar-refractivity contribution in [3.8, 4) is 0 Å². The van der Waals surface area contributed by atoms with Crippen LogP contribution in [-0.4, -0.2) is 36.4 Å². The topological polar surface area (TPSA) is 72.8 Å². The molecule has 0 amide bonds. The number of allylic oxidation sites excluding steroid dienone is 16. The van der Waals surface area contributed by atoms with Crippen molar-refractivity contribution in [2.75, 3.05) is 13.2 Å². The lowest BCUT2D eigenvalue weighted by molar-refractivity contribution is -0.161. The number of hydrogen-bond donors (Lipinski definition) is 1. The summed E-state index contributed by atoms with van der Waals surface area (Å²) in [6, 6.07) is 0. The van der Waals surface area contributed by atoms with Gasteiger partial charge < -0.3 is 14.6 Å². The number of aliphatic hydroxyl groups excluding tert-OH is 1. The van der Waals surface area contributed by atoms with Crippen molar-refractivity contribution in [2.45, 2.75) is 148 Å². The third kappa shape index (κ3) is 35.7. The minimum Gasteiger partial charge on any atom is -0.462 e. The zero-order chi connectivity index (χ0) is 35.0. The predicted molar refractivity (Wildman–Crippen MR) is 205 cm³/mol. The second kappa shape index (κ2) is 38.3. The third-order valence-corrected chi connectivity index (χ3v) is 7.37. The Balaban J connectivity index is 3.71. The standard InChI is InChI=1S/C43H68O5/c1-3-5-7-9-11-13-15-17-19-21-23-25-27-29-31-33-35-37-42(45)47-40-41(39-44)48-43(46)38-36-34-32-30-28-26-24-22-20-18-16-14-12-10-8-6-4-2/h5-8,11-14,17-20,23-26,41,44H,3-4,9-10,15-16,21-22,27-40H2,1-2H3/t41-/m0/s1. The molecule has 0 aromatic heterocycles. The average Bonchev–Trinajstić information content (AvgIpc) is 3.09. The Kier molecular flexibility index (Phi) is 35.7. The van der Waals surface area contributed by atoms with Gasteiger partial charge in [-0.3, -0.25) is 9.59 Å². The number of hydrogen-bond acceptors (Lipinski definition) is 5. The fraction of sp³-hybridized carbons (Fsp3) is 0.581. The first-order chi connectivity index (χ1) is 23.6. The highest BCUT2D eigenvalue weighted by molar-refractivity contribution is 5.70. The number of aliphatic hydroxyl groups is 1. The molecule has 0 bridgehead atoms. The van der Waals surface area contributed by atoms with E-state index in [4.69, 9.17) is 9.47 Å². The van der Waals surface area contributed by atoms with Crippen LogP contribution < -0.4 is 0 Å². The van der Waals surface area contributed by atoms with Gasteiger partial charge in [0.05, 0.1) is 6.61 Å². The molecule has 0 aromatic carbocycles. The van der Waals surface area contributed by atoms with Crippen LogP contribution in [0.3, 0.4) is 0 Å². The maximum Gasteiger partial charge on any atom is 0.306 e. The molecule has 5 heteroatoms. The summed E-state index contributed by atoms with van der Waals surface area (Å²) >= 11 is 0. The monoisotopic (exact) mass is 665 g/mol. The molecule has 48 heavy (non-hydrogen) atoms. The van der Waals surface area contributed by atoms with E-state index in [1.54, 1.807) is 0 Å². The molecule has 0 heterocycles.